The summed E-state index contributed by atoms with van der Waals surface area (Å²) < 4.78 is 27.8. The highest BCUT2D eigenvalue weighted by Crippen LogP contribution is 2.25. The third kappa shape index (κ3) is 4.28. The second-order valence-electron chi connectivity index (χ2n) is 5.18. The smallest absolute Gasteiger partial charge is 0.336 e. The van der Waals surface area contributed by atoms with Crippen molar-refractivity contribution < 1.29 is 18.3 Å². The second kappa shape index (κ2) is 6.89. The van der Waals surface area contributed by atoms with Crippen LogP contribution < -0.4 is 4.72 Å². The highest BCUT2D eigenvalue weighted by molar-refractivity contribution is 9.10. The van der Waals surface area contributed by atoms with Crippen LogP contribution in [0.1, 0.15) is 43.1 Å². The molecule has 0 spiro atoms. The van der Waals surface area contributed by atoms with Crippen molar-refractivity contribution >= 4 is 31.9 Å². The number of nitrogens with one attached hydrogen (secondary N) is 1. The van der Waals surface area contributed by atoms with Crippen LogP contribution in [-0.4, -0.2) is 25.5 Å². The number of carboxylic acid groups (broad SMARTS) is 1. The first-order valence-electron chi connectivity index (χ1n) is 6.66. The minimum Gasteiger partial charge on any atom is -0.478 e. The van der Waals surface area contributed by atoms with E-state index in [0.717, 1.165) is 6.42 Å². The Kier molecular flexibility index (Phi) is 5.95. The van der Waals surface area contributed by atoms with Gasteiger partial charge in [-0.3, -0.25) is 0 Å². The zero-order chi connectivity index (χ0) is 16.4. The lowest BCUT2D eigenvalue weighted by molar-refractivity contribution is 0.0695. The molecule has 0 heterocycles. The molecule has 5 nitrogen and oxygen atoms in total. The summed E-state index contributed by atoms with van der Waals surface area (Å²) in [5.74, 6) is -0.965. The SMILES string of the molecule is CCC(C)C(C)NS(=O)(=O)c1cc(Br)c(C)c(C(=O)O)c1. The maximum absolute atomic E-state index is 12.4. The summed E-state index contributed by atoms with van der Waals surface area (Å²) in [6.07, 6.45) is 0.849. The van der Waals surface area contributed by atoms with Crippen LogP contribution in [0, 0.1) is 12.8 Å². The van der Waals surface area contributed by atoms with Gasteiger partial charge in [-0.15, -0.1) is 0 Å². The topological polar surface area (TPSA) is 83.5 Å². The van der Waals surface area contributed by atoms with E-state index in [1.807, 2.05) is 13.8 Å². The summed E-state index contributed by atoms with van der Waals surface area (Å²) in [4.78, 5) is 11.1. The quantitative estimate of drug-likeness (QED) is 0.797. The molecule has 0 saturated heterocycles. The van der Waals surface area contributed by atoms with Gasteiger partial charge in [0.1, 0.15) is 0 Å². The first-order chi connectivity index (χ1) is 9.60. The summed E-state index contributed by atoms with van der Waals surface area (Å²) in [5.41, 5.74) is 0.470. The summed E-state index contributed by atoms with van der Waals surface area (Å²) in [7, 11) is -3.75. The van der Waals surface area contributed by atoms with E-state index in [4.69, 9.17) is 5.11 Å². The van der Waals surface area contributed by atoms with Gasteiger partial charge in [-0.25, -0.2) is 17.9 Å². The fraction of sp³-hybridized carbons (Fsp3) is 0.500. The van der Waals surface area contributed by atoms with Crippen LogP contribution in [0.4, 0.5) is 0 Å². The fourth-order valence-corrected chi connectivity index (χ4v) is 3.83. The maximum atomic E-state index is 12.4. The molecule has 0 amide bonds. The monoisotopic (exact) mass is 377 g/mol. The van der Waals surface area contributed by atoms with Crippen LogP contribution in [-0.2, 0) is 10.0 Å². The lowest BCUT2D eigenvalue weighted by atomic mass is 10.0. The molecule has 0 radical (unpaired) electrons. The molecule has 7 heteroatoms. The Hall–Kier alpha value is -0.920. The predicted octanol–water partition coefficient (Wildman–Crippen LogP) is 3.17. The molecule has 0 saturated carbocycles. The van der Waals surface area contributed by atoms with Crippen molar-refractivity contribution in [3.63, 3.8) is 0 Å². The van der Waals surface area contributed by atoms with Gasteiger partial charge < -0.3 is 5.11 Å². The summed E-state index contributed by atoms with van der Waals surface area (Å²) in [6.45, 7) is 7.37. The Morgan fingerprint density at radius 2 is 1.95 bits per heavy atom. The van der Waals surface area contributed by atoms with E-state index in [-0.39, 0.29) is 22.4 Å². The number of sulfonamides is 1. The van der Waals surface area contributed by atoms with Crippen LogP contribution in [0.5, 0.6) is 0 Å². The molecule has 0 aromatic heterocycles. The van der Waals surface area contributed by atoms with Gasteiger partial charge in [0.2, 0.25) is 10.0 Å². The normalized spacial score (nSPS) is 14.7. The molecule has 0 aliphatic carbocycles. The largest absolute Gasteiger partial charge is 0.478 e. The zero-order valence-electron chi connectivity index (χ0n) is 12.5. The van der Waals surface area contributed by atoms with E-state index in [1.54, 1.807) is 13.8 Å². The van der Waals surface area contributed by atoms with Crippen LogP contribution in [0.15, 0.2) is 21.5 Å². The number of hydrogen-bond acceptors (Lipinski definition) is 3. The summed E-state index contributed by atoms with van der Waals surface area (Å²) in [6, 6.07) is 2.38. The van der Waals surface area contributed by atoms with E-state index in [0.29, 0.717) is 10.0 Å². The average Bonchev–Trinajstić information content (AvgIpc) is 2.39. The molecule has 118 valence electrons. The van der Waals surface area contributed by atoms with Crippen molar-refractivity contribution in [2.75, 3.05) is 0 Å². The van der Waals surface area contributed by atoms with Gasteiger partial charge in [0, 0.05) is 10.5 Å². The van der Waals surface area contributed by atoms with Gasteiger partial charge in [0.15, 0.2) is 0 Å². The van der Waals surface area contributed by atoms with Gasteiger partial charge in [0.05, 0.1) is 10.5 Å². The number of carboxylic acids is 1. The number of benzene rings is 1. The summed E-state index contributed by atoms with van der Waals surface area (Å²) >= 11 is 3.21. The minimum atomic E-state index is -3.75. The first-order valence-corrected chi connectivity index (χ1v) is 8.93. The Bertz CT molecular complexity index is 643. The lowest BCUT2D eigenvalue weighted by Crippen LogP contribution is -2.37. The maximum Gasteiger partial charge on any atom is 0.336 e. The molecule has 0 aliphatic rings. The second-order valence-corrected chi connectivity index (χ2v) is 7.75. The van der Waals surface area contributed by atoms with E-state index in [1.165, 1.54) is 12.1 Å². The molecule has 21 heavy (non-hydrogen) atoms. The van der Waals surface area contributed by atoms with Crippen LogP contribution in [0.2, 0.25) is 0 Å². The third-order valence-corrected chi connectivity index (χ3v) is 6.06. The van der Waals surface area contributed by atoms with Gasteiger partial charge in [-0.05, 0) is 37.5 Å². The predicted molar refractivity (Wildman–Crippen MR) is 85.1 cm³/mol. The highest BCUT2D eigenvalue weighted by Gasteiger charge is 2.23. The number of carbonyl (C=O) groups is 1. The lowest BCUT2D eigenvalue weighted by Gasteiger charge is -2.20. The minimum absolute atomic E-state index is 0.0269. The van der Waals surface area contributed by atoms with E-state index >= 15 is 0 Å². The Morgan fingerprint density at radius 1 is 1.38 bits per heavy atom. The van der Waals surface area contributed by atoms with Gasteiger partial charge in [-0.1, -0.05) is 36.2 Å². The number of aromatic carboxylic acids is 1. The van der Waals surface area contributed by atoms with Crippen molar-refractivity contribution in [2.24, 2.45) is 5.92 Å². The van der Waals surface area contributed by atoms with Crippen molar-refractivity contribution in [1.29, 1.82) is 0 Å². The van der Waals surface area contributed by atoms with Crippen molar-refractivity contribution in [2.45, 2.75) is 45.1 Å². The van der Waals surface area contributed by atoms with E-state index in [2.05, 4.69) is 20.7 Å². The molecule has 1 rings (SSSR count). The number of halogens is 1. The van der Waals surface area contributed by atoms with Gasteiger partial charge >= 0.3 is 5.97 Å². The Labute approximate surface area is 133 Å². The van der Waals surface area contributed by atoms with Gasteiger partial charge in [-0.2, -0.15) is 0 Å². The van der Waals surface area contributed by atoms with Crippen LogP contribution >= 0.6 is 15.9 Å². The molecule has 2 unspecified atom stereocenters. The number of rotatable bonds is 6. The van der Waals surface area contributed by atoms with Crippen LogP contribution in [0.3, 0.4) is 0 Å². The highest BCUT2D eigenvalue weighted by atomic mass is 79.9. The Balaban J connectivity index is 3.24. The van der Waals surface area contributed by atoms with E-state index in [9.17, 15) is 13.2 Å². The third-order valence-electron chi connectivity index (χ3n) is 3.70. The molecule has 1 aromatic rings. The first kappa shape index (κ1) is 18.1. The molecule has 0 bridgehead atoms. The average molecular weight is 378 g/mol. The molecule has 0 fully saturated rings. The van der Waals surface area contributed by atoms with E-state index < -0.39 is 16.0 Å². The van der Waals surface area contributed by atoms with Crippen LogP contribution in [0.25, 0.3) is 0 Å². The molecular weight excluding hydrogens is 358 g/mol. The molecular formula is C14H20BrNO4S. The fourth-order valence-electron chi connectivity index (χ4n) is 1.81. The Morgan fingerprint density at radius 3 is 2.43 bits per heavy atom. The van der Waals surface area contributed by atoms with Gasteiger partial charge in [0.25, 0.3) is 0 Å². The zero-order valence-corrected chi connectivity index (χ0v) is 14.9. The molecule has 1 aromatic carbocycles. The van der Waals surface area contributed by atoms with Crippen molar-refractivity contribution in [3.8, 4) is 0 Å². The van der Waals surface area contributed by atoms with Crippen molar-refractivity contribution in [3.05, 3.63) is 27.7 Å². The summed E-state index contributed by atoms with van der Waals surface area (Å²) in [5, 5.41) is 9.15. The molecule has 0 aliphatic heterocycles. The molecule has 2 N–H and O–H groups in total. The van der Waals surface area contributed by atoms with Crippen molar-refractivity contribution in [1.82, 2.24) is 4.72 Å². The number of hydrogen-bond donors (Lipinski definition) is 2. The standard InChI is InChI=1S/C14H20BrNO4S/c1-5-8(2)10(4)16-21(19,20)11-6-12(14(17)18)9(3)13(15)7-11/h6-8,10,16H,5H2,1-4H3,(H,17,18). The molecule has 2 atom stereocenters.